The van der Waals surface area contributed by atoms with Crippen LogP contribution in [0, 0.1) is 0 Å². The molecule has 0 aliphatic carbocycles. The van der Waals surface area contributed by atoms with Crippen molar-refractivity contribution in [1.82, 2.24) is 9.78 Å². The summed E-state index contributed by atoms with van der Waals surface area (Å²) < 4.78 is 1.76. The van der Waals surface area contributed by atoms with E-state index in [1.54, 1.807) is 16.6 Å². The van der Waals surface area contributed by atoms with Gasteiger partial charge in [-0.15, -0.1) is 0 Å². The summed E-state index contributed by atoms with van der Waals surface area (Å²) in [7, 11) is 3.59. The van der Waals surface area contributed by atoms with E-state index in [2.05, 4.69) is 10.4 Å². The van der Waals surface area contributed by atoms with E-state index in [-0.39, 0.29) is 6.03 Å². The van der Waals surface area contributed by atoms with Crippen LogP contribution < -0.4 is 10.2 Å². The van der Waals surface area contributed by atoms with E-state index < -0.39 is 0 Å². The van der Waals surface area contributed by atoms with Crippen LogP contribution in [0.3, 0.4) is 0 Å². The average Bonchev–Trinajstić information content (AvgIpc) is 2.96. The van der Waals surface area contributed by atoms with Crippen molar-refractivity contribution in [2.75, 3.05) is 17.3 Å². The summed E-state index contributed by atoms with van der Waals surface area (Å²) in [5, 5.41) is 7.19. The molecule has 2 aromatic carbocycles. The van der Waals surface area contributed by atoms with Crippen LogP contribution in [0.4, 0.5) is 16.3 Å². The fourth-order valence-electron chi connectivity index (χ4n) is 2.37. The van der Waals surface area contributed by atoms with Crippen molar-refractivity contribution in [3.05, 3.63) is 66.7 Å². The third-order valence-corrected chi connectivity index (χ3v) is 3.63. The Balaban J connectivity index is 1.77. The first kappa shape index (κ1) is 14.8. The number of rotatable bonds is 3. The van der Waals surface area contributed by atoms with Crippen LogP contribution in [0.5, 0.6) is 0 Å². The predicted molar refractivity (Wildman–Crippen MR) is 92.5 cm³/mol. The molecular formula is C18H18N4O. The van der Waals surface area contributed by atoms with Crippen molar-refractivity contribution < 1.29 is 4.79 Å². The molecule has 23 heavy (non-hydrogen) atoms. The van der Waals surface area contributed by atoms with Gasteiger partial charge in [0.2, 0.25) is 0 Å². The number of carbonyl (C=O) groups is 1. The number of hydrogen-bond donors (Lipinski definition) is 1. The highest BCUT2D eigenvalue weighted by Crippen LogP contribution is 2.22. The van der Waals surface area contributed by atoms with Crippen molar-refractivity contribution in [2.24, 2.45) is 7.05 Å². The largest absolute Gasteiger partial charge is 0.327 e. The number of hydrogen-bond acceptors (Lipinski definition) is 2. The molecule has 1 heterocycles. The van der Waals surface area contributed by atoms with Crippen LogP contribution in [-0.2, 0) is 7.05 Å². The minimum Gasteiger partial charge on any atom is -0.297 e. The number of amides is 2. The summed E-state index contributed by atoms with van der Waals surface area (Å²) in [6.45, 7) is 0. The fraction of sp³-hybridized carbons (Fsp3) is 0.111. The quantitative estimate of drug-likeness (QED) is 0.801. The van der Waals surface area contributed by atoms with Gasteiger partial charge in [0.05, 0.1) is 5.69 Å². The van der Waals surface area contributed by atoms with Gasteiger partial charge in [-0.05, 0) is 17.7 Å². The van der Waals surface area contributed by atoms with Crippen molar-refractivity contribution >= 4 is 17.5 Å². The normalized spacial score (nSPS) is 10.3. The lowest BCUT2D eigenvalue weighted by atomic mass is 10.1. The molecule has 0 spiro atoms. The molecule has 0 aliphatic rings. The Labute approximate surface area is 135 Å². The van der Waals surface area contributed by atoms with E-state index in [0.717, 1.165) is 16.9 Å². The van der Waals surface area contributed by atoms with Gasteiger partial charge in [-0.1, -0.05) is 48.5 Å². The summed E-state index contributed by atoms with van der Waals surface area (Å²) in [6.07, 6.45) is 0. The second kappa shape index (κ2) is 6.36. The van der Waals surface area contributed by atoms with Crippen molar-refractivity contribution in [2.45, 2.75) is 0 Å². The molecule has 0 atom stereocenters. The average molecular weight is 306 g/mol. The minimum atomic E-state index is -0.228. The number of nitrogens with zero attached hydrogens (tertiary/aromatic N) is 3. The smallest absolute Gasteiger partial charge is 0.297 e. The Morgan fingerprint density at radius 3 is 2.30 bits per heavy atom. The molecule has 0 saturated heterocycles. The Morgan fingerprint density at radius 2 is 1.65 bits per heavy atom. The molecule has 5 heteroatoms. The molecule has 3 aromatic rings. The Hall–Kier alpha value is -3.08. The zero-order valence-electron chi connectivity index (χ0n) is 13.1. The maximum absolute atomic E-state index is 12.3. The second-order valence-electron chi connectivity index (χ2n) is 5.23. The first-order valence-corrected chi connectivity index (χ1v) is 7.34. The molecule has 0 radical (unpaired) electrons. The van der Waals surface area contributed by atoms with Crippen LogP contribution in [-0.4, -0.2) is 22.9 Å². The molecule has 0 saturated carbocycles. The van der Waals surface area contributed by atoms with Crippen LogP contribution >= 0.6 is 0 Å². The van der Waals surface area contributed by atoms with E-state index in [0.29, 0.717) is 5.82 Å². The number of carbonyl (C=O) groups excluding carboxylic acids is 1. The van der Waals surface area contributed by atoms with Gasteiger partial charge >= 0.3 is 6.03 Å². The van der Waals surface area contributed by atoms with E-state index in [9.17, 15) is 4.79 Å². The highest BCUT2D eigenvalue weighted by Gasteiger charge is 2.14. The molecule has 0 bridgehead atoms. The summed E-state index contributed by atoms with van der Waals surface area (Å²) in [4.78, 5) is 13.9. The molecular weight excluding hydrogens is 288 g/mol. The van der Waals surface area contributed by atoms with Gasteiger partial charge in [-0.2, -0.15) is 5.10 Å². The van der Waals surface area contributed by atoms with Crippen LogP contribution in [0.1, 0.15) is 0 Å². The highest BCUT2D eigenvalue weighted by atomic mass is 16.2. The van der Waals surface area contributed by atoms with Crippen LogP contribution in [0.2, 0.25) is 0 Å². The van der Waals surface area contributed by atoms with Gasteiger partial charge in [0.25, 0.3) is 0 Å². The first-order chi connectivity index (χ1) is 11.1. The Kier molecular flexibility index (Phi) is 4.10. The monoisotopic (exact) mass is 306 g/mol. The molecule has 0 aliphatic heterocycles. The number of urea groups is 1. The number of nitrogens with one attached hydrogen (secondary N) is 1. The van der Waals surface area contributed by atoms with Crippen molar-refractivity contribution in [1.29, 1.82) is 0 Å². The van der Waals surface area contributed by atoms with Gasteiger partial charge in [-0.3, -0.25) is 14.9 Å². The summed E-state index contributed by atoms with van der Waals surface area (Å²) in [5.74, 6) is 0.527. The van der Waals surface area contributed by atoms with Gasteiger partial charge in [0.1, 0.15) is 0 Å². The lowest BCUT2D eigenvalue weighted by molar-refractivity contribution is 0.258. The fourth-order valence-corrected chi connectivity index (χ4v) is 2.37. The van der Waals surface area contributed by atoms with E-state index in [1.165, 1.54) is 0 Å². The molecule has 1 N–H and O–H groups in total. The van der Waals surface area contributed by atoms with Crippen molar-refractivity contribution in [3.8, 4) is 11.3 Å². The third kappa shape index (κ3) is 3.23. The van der Waals surface area contributed by atoms with E-state index >= 15 is 0 Å². The zero-order chi connectivity index (χ0) is 16.2. The number of para-hydroxylation sites is 1. The molecule has 0 fully saturated rings. The maximum Gasteiger partial charge on any atom is 0.327 e. The van der Waals surface area contributed by atoms with E-state index in [4.69, 9.17) is 0 Å². The highest BCUT2D eigenvalue weighted by molar-refractivity contribution is 6.01. The number of benzene rings is 2. The molecule has 1 aromatic heterocycles. The summed E-state index contributed by atoms with van der Waals surface area (Å²) in [5.41, 5.74) is 2.83. The predicted octanol–water partition coefficient (Wildman–Crippen LogP) is 3.76. The summed E-state index contributed by atoms with van der Waals surface area (Å²) >= 11 is 0. The standard InChI is InChI=1S/C18H18N4O/c1-21(15-11-7-4-8-12-15)18(23)19-17-13-16(22(2)20-17)14-9-5-3-6-10-14/h3-13H,1-2H3,(H,19,20,23). The molecule has 116 valence electrons. The topological polar surface area (TPSA) is 50.2 Å². The third-order valence-electron chi connectivity index (χ3n) is 3.63. The number of aryl methyl sites for hydroxylation is 1. The van der Waals surface area contributed by atoms with Crippen LogP contribution in [0.25, 0.3) is 11.3 Å². The van der Waals surface area contributed by atoms with Gasteiger partial charge in [-0.25, -0.2) is 4.79 Å². The number of anilines is 2. The molecule has 0 unspecified atom stereocenters. The maximum atomic E-state index is 12.3. The SMILES string of the molecule is CN(C(=O)Nc1cc(-c2ccccc2)n(C)n1)c1ccccc1. The van der Waals surface area contributed by atoms with E-state index in [1.807, 2.05) is 73.8 Å². The van der Waals surface area contributed by atoms with Gasteiger partial charge in [0.15, 0.2) is 5.82 Å². The van der Waals surface area contributed by atoms with Crippen molar-refractivity contribution in [3.63, 3.8) is 0 Å². The summed E-state index contributed by atoms with van der Waals surface area (Å²) in [6, 6.07) is 21.1. The lowest BCUT2D eigenvalue weighted by Gasteiger charge is -2.16. The second-order valence-corrected chi connectivity index (χ2v) is 5.23. The Morgan fingerprint density at radius 1 is 1.04 bits per heavy atom. The lowest BCUT2D eigenvalue weighted by Crippen LogP contribution is -2.31. The molecule has 5 nitrogen and oxygen atoms in total. The Bertz CT molecular complexity index is 796. The number of aromatic nitrogens is 2. The van der Waals surface area contributed by atoms with Gasteiger partial charge < -0.3 is 0 Å². The zero-order valence-corrected chi connectivity index (χ0v) is 13.1. The molecule has 3 rings (SSSR count). The molecule has 2 amide bonds. The first-order valence-electron chi connectivity index (χ1n) is 7.34. The van der Waals surface area contributed by atoms with Gasteiger partial charge in [0, 0.05) is 25.8 Å². The van der Waals surface area contributed by atoms with Crippen LogP contribution in [0.15, 0.2) is 66.7 Å². The minimum absolute atomic E-state index is 0.228.